The van der Waals surface area contributed by atoms with Crippen LogP contribution in [0.3, 0.4) is 0 Å². The number of hydrogen-bond donors (Lipinski definition) is 0. The van der Waals surface area contributed by atoms with E-state index in [9.17, 15) is 12.8 Å². The third kappa shape index (κ3) is 3.39. The Bertz CT molecular complexity index is 1150. The predicted octanol–water partition coefficient (Wildman–Crippen LogP) is 3.25. The fraction of sp³-hybridized carbons (Fsp3) is 0.400. The first-order valence-corrected chi connectivity index (χ1v) is 11.4. The molecular weight excluding hydrogens is 411 g/mol. The maximum atomic E-state index is 14.0. The lowest BCUT2D eigenvalue weighted by Gasteiger charge is -2.34. The second-order valence-electron chi connectivity index (χ2n) is 7.57. The normalized spacial score (nSPS) is 18.5. The van der Waals surface area contributed by atoms with Crippen LogP contribution in [0.5, 0.6) is 0 Å². The number of piperazine rings is 1. The van der Waals surface area contributed by atoms with Crippen molar-refractivity contribution in [3.63, 3.8) is 0 Å². The summed E-state index contributed by atoms with van der Waals surface area (Å²) in [6.07, 6.45) is 4.54. The minimum absolute atomic E-state index is 0.166. The number of rotatable bonds is 5. The van der Waals surface area contributed by atoms with Gasteiger partial charge in [0.1, 0.15) is 12.1 Å². The molecule has 1 saturated carbocycles. The number of hydrogen-bond acceptors (Lipinski definition) is 7. The van der Waals surface area contributed by atoms with Crippen molar-refractivity contribution in [3.8, 4) is 11.5 Å². The minimum Gasteiger partial charge on any atom is -0.451 e. The molecule has 3 heterocycles. The summed E-state index contributed by atoms with van der Waals surface area (Å²) >= 11 is 0. The van der Waals surface area contributed by atoms with Crippen molar-refractivity contribution in [1.82, 2.24) is 14.5 Å². The van der Waals surface area contributed by atoms with Crippen molar-refractivity contribution in [2.24, 2.45) is 0 Å². The van der Waals surface area contributed by atoms with E-state index < -0.39 is 10.0 Å². The Morgan fingerprint density at radius 3 is 2.53 bits per heavy atom. The first kappa shape index (κ1) is 19.3. The third-order valence-electron chi connectivity index (χ3n) is 5.74. The molecule has 0 unspecified atom stereocenters. The van der Waals surface area contributed by atoms with E-state index in [0.717, 1.165) is 19.3 Å². The molecular formula is C20H21FN4O4S. The molecule has 2 aliphatic rings. The van der Waals surface area contributed by atoms with Crippen LogP contribution in [0.2, 0.25) is 0 Å². The van der Waals surface area contributed by atoms with E-state index in [2.05, 4.69) is 10.2 Å². The molecule has 10 heteroatoms. The molecule has 0 atom stereocenters. The van der Waals surface area contributed by atoms with Gasteiger partial charge in [-0.15, -0.1) is 10.2 Å². The Kier molecular flexibility index (Phi) is 4.82. The second-order valence-corrected chi connectivity index (χ2v) is 9.44. The Balaban J connectivity index is 1.29. The molecule has 1 saturated heterocycles. The maximum Gasteiger partial charge on any atom is 0.276 e. The van der Waals surface area contributed by atoms with Gasteiger partial charge in [0, 0.05) is 38.2 Å². The highest BCUT2D eigenvalue weighted by molar-refractivity contribution is 7.89. The predicted molar refractivity (Wildman–Crippen MR) is 106 cm³/mol. The first-order valence-electron chi connectivity index (χ1n) is 9.94. The molecule has 0 N–H and O–H groups in total. The van der Waals surface area contributed by atoms with Gasteiger partial charge in [-0.1, -0.05) is 18.6 Å². The smallest absolute Gasteiger partial charge is 0.276 e. The summed E-state index contributed by atoms with van der Waals surface area (Å²) in [7, 11) is -3.81. The molecule has 5 rings (SSSR count). The summed E-state index contributed by atoms with van der Waals surface area (Å²) in [5, 5.41) is 7.92. The molecule has 0 spiro atoms. The number of halogens is 1. The Hall–Kier alpha value is -2.72. The average Bonchev–Trinajstić information content (AvgIpc) is 3.37. The van der Waals surface area contributed by atoms with Crippen molar-refractivity contribution < 1.29 is 21.6 Å². The molecule has 2 fully saturated rings. The summed E-state index contributed by atoms with van der Waals surface area (Å²) in [5.41, 5.74) is 0.921. The number of nitrogens with zero attached hydrogens (tertiary/aromatic N) is 4. The zero-order valence-electron chi connectivity index (χ0n) is 16.2. The molecule has 158 valence electrons. The van der Waals surface area contributed by atoms with Gasteiger partial charge >= 0.3 is 0 Å². The van der Waals surface area contributed by atoms with Crippen LogP contribution < -0.4 is 4.90 Å². The number of para-hydroxylation sites is 1. The molecule has 0 amide bonds. The van der Waals surface area contributed by atoms with Gasteiger partial charge in [-0.2, -0.15) is 4.31 Å². The quantitative estimate of drug-likeness (QED) is 0.611. The highest BCUT2D eigenvalue weighted by Crippen LogP contribution is 2.37. The van der Waals surface area contributed by atoms with E-state index in [1.807, 2.05) is 4.90 Å². The van der Waals surface area contributed by atoms with Crippen molar-refractivity contribution in [1.29, 1.82) is 0 Å². The molecule has 0 bridgehead atoms. The van der Waals surface area contributed by atoms with E-state index in [4.69, 9.17) is 8.83 Å². The van der Waals surface area contributed by atoms with Gasteiger partial charge < -0.3 is 13.7 Å². The van der Waals surface area contributed by atoms with Crippen LogP contribution in [0.15, 0.2) is 50.5 Å². The first-order chi connectivity index (χ1) is 14.5. The second kappa shape index (κ2) is 7.51. The molecule has 1 aliphatic carbocycles. The lowest BCUT2D eigenvalue weighted by molar-refractivity contribution is 0.338. The lowest BCUT2D eigenvalue weighted by Crippen LogP contribution is -2.48. The summed E-state index contributed by atoms with van der Waals surface area (Å²) in [6.45, 7) is 1.25. The topological polar surface area (TPSA) is 92.7 Å². The zero-order chi connectivity index (χ0) is 20.7. The highest BCUT2D eigenvalue weighted by Gasteiger charge is 2.32. The van der Waals surface area contributed by atoms with Crippen molar-refractivity contribution >= 4 is 15.7 Å². The van der Waals surface area contributed by atoms with Gasteiger partial charge in [0.15, 0.2) is 0 Å². The van der Waals surface area contributed by atoms with E-state index >= 15 is 0 Å². The van der Waals surface area contributed by atoms with Crippen LogP contribution in [0.4, 0.5) is 10.1 Å². The summed E-state index contributed by atoms with van der Waals surface area (Å²) in [6, 6.07) is 7.90. The van der Waals surface area contributed by atoms with Gasteiger partial charge in [0.05, 0.1) is 11.3 Å². The van der Waals surface area contributed by atoms with Crippen molar-refractivity contribution in [2.45, 2.75) is 30.3 Å². The fourth-order valence-corrected chi connectivity index (χ4v) is 5.08. The molecule has 3 aromatic rings. The van der Waals surface area contributed by atoms with Gasteiger partial charge in [-0.25, -0.2) is 12.8 Å². The van der Waals surface area contributed by atoms with Crippen LogP contribution in [-0.4, -0.2) is 49.1 Å². The fourth-order valence-electron chi connectivity index (χ4n) is 3.74. The number of anilines is 1. The largest absolute Gasteiger partial charge is 0.451 e. The van der Waals surface area contributed by atoms with Gasteiger partial charge in [0.25, 0.3) is 15.9 Å². The van der Waals surface area contributed by atoms with E-state index in [1.54, 1.807) is 18.2 Å². The Morgan fingerprint density at radius 1 is 1.07 bits per heavy atom. The summed E-state index contributed by atoms with van der Waals surface area (Å²) < 4.78 is 52.4. The van der Waals surface area contributed by atoms with Gasteiger partial charge in [0.2, 0.25) is 11.0 Å². The van der Waals surface area contributed by atoms with Crippen LogP contribution in [0, 0.1) is 5.82 Å². The molecule has 0 radical (unpaired) electrons. The number of sulfonamides is 1. The van der Waals surface area contributed by atoms with E-state index in [-0.39, 0.29) is 29.9 Å². The lowest BCUT2D eigenvalue weighted by atomic mass is 9.85. The number of benzene rings is 1. The SMILES string of the molecule is O=S(=O)(c1cc(-c2nnc(C3CCC3)o2)co1)N1CCN(c2ccccc2F)CC1. The Morgan fingerprint density at radius 2 is 1.83 bits per heavy atom. The average molecular weight is 432 g/mol. The summed E-state index contributed by atoms with van der Waals surface area (Å²) in [4.78, 5) is 1.84. The molecule has 1 aliphatic heterocycles. The molecule has 30 heavy (non-hydrogen) atoms. The van der Waals surface area contributed by atoms with Crippen LogP contribution in [0.1, 0.15) is 31.1 Å². The number of aromatic nitrogens is 2. The van der Waals surface area contributed by atoms with Crippen molar-refractivity contribution in [3.05, 3.63) is 48.3 Å². The zero-order valence-corrected chi connectivity index (χ0v) is 17.0. The van der Waals surface area contributed by atoms with Crippen LogP contribution in [0.25, 0.3) is 11.5 Å². The standard InChI is InChI=1S/C20H21FN4O4S/c21-16-6-1-2-7-17(16)24-8-10-25(11-9-24)30(26,27)18-12-15(13-28-18)20-23-22-19(29-20)14-4-3-5-14/h1-2,6-7,12-14H,3-5,8-11H2. The molecule has 8 nitrogen and oxygen atoms in total. The van der Waals surface area contributed by atoms with E-state index in [1.165, 1.54) is 22.7 Å². The number of furan rings is 1. The molecule has 2 aromatic heterocycles. The van der Waals surface area contributed by atoms with Crippen LogP contribution >= 0.6 is 0 Å². The van der Waals surface area contributed by atoms with Gasteiger partial charge in [-0.05, 0) is 25.0 Å². The van der Waals surface area contributed by atoms with Crippen LogP contribution in [-0.2, 0) is 10.0 Å². The van der Waals surface area contributed by atoms with Crippen molar-refractivity contribution in [2.75, 3.05) is 31.1 Å². The Labute approximate surface area is 173 Å². The van der Waals surface area contributed by atoms with Gasteiger partial charge in [-0.3, -0.25) is 0 Å². The third-order valence-corrected chi connectivity index (χ3v) is 7.51. The summed E-state index contributed by atoms with van der Waals surface area (Å²) in [5.74, 6) is 0.829. The minimum atomic E-state index is -3.81. The van der Waals surface area contributed by atoms with E-state index in [0.29, 0.717) is 36.1 Å². The highest BCUT2D eigenvalue weighted by atomic mass is 32.2. The maximum absolute atomic E-state index is 14.0. The monoisotopic (exact) mass is 432 g/mol. The molecule has 1 aromatic carbocycles.